The second-order valence-electron chi connectivity index (χ2n) is 5.37. The molecular weight excluding hydrogens is 256 g/mol. The second-order valence-corrected chi connectivity index (χ2v) is 5.37. The molecule has 3 rings (SSSR count). The molecule has 2 aromatic rings. The Hall–Kier alpha value is -1.90. The molecule has 2 aromatic carbocycles. The Labute approximate surface area is 117 Å². The molecule has 0 amide bonds. The Morgan fingerprint density at radius 3 is 2.65 bits per heavy atom. The van der Waals surface area contributed by atoms with Gasteiger partial charge in [0.15, 0.2) is 0 Å². The van der Waals surface area contributed by atoms with E-state index in [2.05, 4.69) is 23.5 Å². The van der Waals surface area contributed by atoms with Crippen LogP contribution in [0.4, 0.5) is 14.5 Å². The number of benzene rings is 2. The number of nitrogens with one attached hydrogen (secondary N) is 1. The van der Waals surface area contributed by atoms with Crippen LogP contribution in [-0.4, -0.2) is 0 Å². The quantitative estimate of drug-likeness (QED) is 0.860. The van der Waals surface area contributed by atoms with E-state index in [0.717, 1.165) is 30.5 Å². The van der Waals surface area contributed by atoms with E-state index in [-0.39, 0.29) is 11.7 Å². The van der Waals surface area contributed by atoms with E-state index < -0.39 is 11.6 Å². The third-order valence-electron chi connectivity index (χ3n) is 3.92. The van der Waals surface area contributed by atoms with Gasteiger partial charge in [0.05, 0.1) is 5.69 Å². The van der Waals surface area contributed by atoms with Gasteiger partial charge in [0, 0.05) is 6.04 Å². The summed E-state index contributed by atoms with van der Waals surface area (Å²) in [6.07, 6.45) is 3.47. The number of anilines is 1. The first kappa shape index (κ1) is 13.1. The molecule has 1 nitrogen and oxygen atoms in total. The largest absolute Gasteiger partial charge is 0.376 e. The molecule has 3 heteroatoms. The summed E-state index contributed by atoms with van der Waals surface area (Å²) in [6.45, 7) is 1.96. The lowest BCUT2D eigenvalue weighted by atomic mass is 10.0. The van der Waals surface area contributed by atoms with E-state index in [1.54, 1.807) is 0 Å². The van der Waals surface area contributed by atoms with Crippen LogP contribution in [0.15, 0.2) is 36.4 Å². The first-order chi connectivity index (χ1) is 9.63. The van der Waals surface area contributed by atoms with Crippen molar-refractivity contribution in [3.05, 3.63) is 64.7 Å². The topological polar surface area (TPSA) is 12.0 Å². The third kappa shape index (κ3) is 2.53. The van der Waals surface area contributed by atoms with Gasteiger partial charge in [-0.3, -0.25) is 0 Å². The molecule has 0 aliphatic heterocycles. The fourth-order valence-electron chi connectivity index (χ4n) is 2.79. The molecule has 104 valence electrons. The molecule has 0 bridgehead atoms. The molecule has 0 saturated carbocycles. The van der Waals surface area contributed by atoms with Gasteiger partial charge in [-0.2, -0.15) is 0 Å². The van der Waals surface area contributed by atoms with Crippen molar-refractivity contribution in [3.63, 3.8) is 0 Å². The van der Waals surface area contributed by atoms with E-state index >= 15 is 0 Å². The number of fused-ring (bicyclic) bond motifs is 1. The maximum absolute atomic E-state index is 13.6. The fourth-order valence-corrected chi connectivity index (χ4v) is 2.79. The molecule has 0 radical (unpaired) electrons. The zero-order chi connectivity index (χ0) is 14.1. The summed E-state index contributed by atoms with van der Waals surface area (Å²) in [6, 6.07) is 9.80. The Balaban J connectivity index is 1.82. The van der Waals surface area contributed by atoms with Crippen LogP contribution in [0.1, 0.15) is 36.1 Å². The molecule has 1 N–H and O–H groups in total. The van der Waals surface area contributed by atoms with E-state index in [1.165, 1.54) is 23.6 Å². The summed E-state index contributed by atoms with van der Waals surface area (Å²) in [7, 11) is 0. The van der Waals surface area contributed by atoms with Crippen molar-refractivity contribution in [2.24, 2.45) is 0 Å². The number of halogens is 2. The Kier molecular flexibility index (Phi) is 3.43. The lowest BCUT2D eigenvalue weighted by Crippen LogP contribution is -2.08. The van der Waals surface area contributed by atoms with Crippen molar-refractivity contribution in [1.29, 1.82) is 0 Å². The fraction of sp³-hybridized carbons (Fsp3) is 0.294. The highest BCUT2D eigenvalue weighted by molar-refractivity contribution is 5.48. The van der Waals surface area contributed by atoms with Crippen LogP contribution in [0.25, 0.3) is 0 Å². The van der Waals surface area contributed by atoms with Crippen LogP contribution in [0.3, 0.4) is 0 Å². The van der Waals surface area contributed by atoms with Gasteiger partial charge in [-0.05, 0) is 61.1 Å². The average molecular weight is 273 g/mol. The summed E-state index contributed by atoms with van der Waals surface area (Å²) in [4.78, 5) is 0. The zero-order valence-electron chi connectivity index (χ0n) is 11.4. The predicted octanol–water partition coefficient (Wildman–Crippen LogP) is 4.63. The highest BCUT2D eigenvalue weighted by Crippen LogP contribution is 2.27. The van der Waals surface area contributed by atoms with Gasteiger partial charge in [-0.15, -0.1) is 0 Å². The van der Waals surface area contributed by atoms with E-state index in [9.17, 15) is 8.78 Å². The highest BCUT2D eigenvalue weighted by atomic mass is 19.1. The average Bonchev–Trinajstić information content (AvgIpc) is 2.90. The van der Waals surface area contributed by atoms with Gasteiger partial charge >= 0.3 is 0 Å². The van der Waals surface area contributed by atoms with E-state index in [4.69, 9.17) is 0 Å². The number of hydrogen-bond acceptors (Lipinski definition) is 1. The van der Waals surface area contributed by atoms with Crippen molar-refractivity contribution in [3.8, 4) is 0 Å². The minimum absolute atomic E-state index is 0.0581. The molecule has 0 saturated heterocycles. The molecule has 0 heterocycles. The zero-order valence-corrected chi connectivity index (χ0v) is 11.4. The Bertz CT molecular complexity index is 637. The van der Waals surface area contributed by atoms with Crippen LogP contribution >= 0.6 is 0 Å². The molecule has 0 aromatic heterocycles. The standard InChI is InChI=1S/C17H17F2N/c1-11(20-17-10-15(18)7-8-16(17)19)13-6-5-12-3-2-4-14(12)9-13/h5-11,20H,2-4H2,1H3. The lowest BCUT2D eigenvalue weighted by Gasteiger charge is -2.17. The SMILES string of the molecule is CC(Nc1cc(F)ccc1F)c1ccc2c(c1)CCC2. The van der Waals surface area contributed by atoms with Gasteiger partial charge in [0.25, 0.3) is 0 Å². The van der Waals surface area contributed by atoms with Crippen molar-refractivity contribution in [2.45, 2.75) is 32.2 Å². The van der Waals surface area contributed by atoms with Crippen molar-refractivity contribution >= 4 is 5.69 Å². The number of aryl methyl sites for hydroxylation is 2. The van der Waals surface area contributed by atoms with Crippen LogP contribution in [-0.2, 0) is 12.8 Å². The van der Waals surface area contributed by atoms with Gasteiger partial charge in [-0.25, -0.2) is 8.78 Å². The Morgan fingerprint density at radius 1 is 1.00 bits per heavy atom. The molecule has 20 heavy (non-hydrogen) atoms. The van der Waals surface area contributed by atoms with Crippen molar-refractivity contribution in [2.75, 3.05) is 5.32 Å². The molecule has 1 unspecified atom stereocenters. The lowest BCUT2D eigenvalue weighted by molar-refractivity contribution is 0.600. The van der Waals surface area contributed by atoms with Crippen LogP contribution < -0.4 is 5.32 Å². The number of rotatable bonds is 3. The monoisotopic (exact) mass is 273 g/mol. The molecule has 1 atom stereocenters. The summed E-state index contributed by atoms with van der Waals surface area (Å²) in [5, 5.41) is 3.04. The summed E-state index contributed by atoms with van der Waals surface area (Å²) in [5.41, 5.74) is 4.11. The van der Waals surface area contributed by atoms with Gasteiger partial charge in [0.1, 0.15) is 11.6 Å². The highest BCUT2D eigenvalue weighted by Gasteiger charge is 2.14. The summed E-state index contributed by atoms with van der Waals surface area (Å²) < 4.78 is 26.8. The van der Waals surface area contributed by atoms with Crippen LogP contribution in [0.5, 0.6) is 0 Å². The first-order valence-corrected chi connectivity index (χ1v) is 6.97. The molecule has 0 fully saturated rings. The minimum atomic E-state index is -0.435. The van der Waals surface area contributed by atoms with Crippen LogP contribution in [0, 0.1) is 11.6 Å². The maximum Gasteiger partial charge on any atom is 0.146 e. The van der Waals surface area contributed by atoms with E-state index in [0.29, 0.717) is 0 Å². The first-order valence-electron chi connectivity index (χ1n) is 6.97. The molecule has 0 spiro atoms. The molecular formula is C17H17F2N. The Morgan fingerprint density at radius 2 is 1.80 bits per heavy atom. The number of hydrogen-bond donors (Lipinski definition) is 1. The second kappa shape index (κ2) is 5.23. The smallest absolute Gasteiger partial charge is 0.146 e. The maximum atomic E-state index is 13.6. The van der Waals surface area contributed by atoms with E-state index in [1.807, 2.05) is 6.92 Å². The molecule has 1 aliphatic carbocycles. The minimum Gasteiger partial charge on any atom is -0.376 e. The molecule has 1 aliphatic rings. The van der Waals surface area contributed by atoms with Gasteiger partial charge in [0.2, 0.25) is 0 Å². The normalized spacial score (nSPS) is 14.9. The van der Waals surface area contributed by atoms with Gasteiger partial charge < -0.3 is 5.32 Å². The third-order valence-corrected chi connectivity index (χ3v) is 3.92. The van der Waals surface area contributed by atoms with Crippen LogP contribution in [0.2, 0.25) is 0 Å². The predicted molar refractivity (Wildman–Crippen MR) is 76.9 cm³/mol. The van der Waals surface area contributed by atoms with Crippen molar-refractivity contribution < 1.29 is 8.78 Å². The van der Waals surface area contributed by atoms with Crippen molar-refractivity contribution in [1.82, 2.24) is 0 Å². The van der Waals surface area contributed by atoms with Gasteiger partial charge in [-0.1, -0.05) is 18.2 Å². The summed E-state index contributed by atoms with van der Waals surface area (Å²) in [5.74, 6) is -0.866. The summed E-state index contributed by atoms with van der Waals surface area (Å²) >= 11 is 0.